The average Bonchev–Trinajstić information content (AvgIpc) is 2.99. The number of furan rings is 1. The zero-order valence-electron chi connectivity index (χ0n) is 10.6. The van der Waals surface area contributed by atoms with Gasteiger partial charge >= 0.3 is 0 Å². The molecule has 0 aromatic carbocycles. The zero-order valence-corrected chi connectivity index (χ0v) is 10.6. The van der Waals surface area contributed by atoms with Crippen LogP contribution in [0.1, 0.15) is 43.1 Å². The van der Waals surface area contributed by atoms with Crippen LogP contribution < -0.4 is 5.73 Å². The van der Waals surface area contributed by atoms with Gasteiger partial charge in [0.05, 0.1) is 6.26 Å². The summed E-state index contributed by atoms with van der Waals surface area (Å²) in [5.41, 5.74) is 7.96. The Bertz CT molecular complexity index is 507. The first-order chi connectivity index (χ1) is 8.74. The SMILES string of the molecule is Cc1[nH]c(C2CCC(N)CC2)nc1-c1ccco1. The lowest BCUT2D eigenvalue weighted by atomic mass is 9.86. The van der Waals surface area contributed by atoms with E-state index in [1.165, 1.54) is 0 Å². The summed E-state index contributed by atoms with van der Waals surface area (Å²) in [4.78, 5) is 8.12. The van der Waals surface area contributed by atoms with E-state index in [0.717, 1.165) is 48.7 Å². The topological polar surface area (TPSA) is 67.8 Å². The minimum atomic E-state index is 0.377. The van der Waals surface area contributed by atoms with E-state index in [4.69, 9.17) is 15.1 Å². The Morgan fingerprint density at radius 3 is 2.78 bits per heavy atom. The van der Waals surface area contributed by atoms with Crippen LogP contribution in [0.2, 0.25) is 0 Å². The summed E-state index contributed by atoms with van der Waals surface area (Å²) in [5, 5.41) is 0. The number of aryl methyl sites for hydroxylation is 1. The van der Waals surface area contributed by atoms with E-state index >= 15 is 0 Å². The van der Waals surface area contributed by atoms with Crippen LogP contribution in [0.15, 0.2) is 22.8 Å². The number of hydrogen-bond acceptors (Lipinski definition) is 3. The Balaban J connectivity index is 1.84. The first-order valence-electron chi connectivity index (χ1n) is 6.60. The molecule has 0 bridgehead atoms. The number of nitrogens with zero attached hydrogens (tertiary/aromatic N) is 1. The molecule has 1 fully saturated rings. The van der Waals surface area contributed by atoms with Crippen molar-refractivity contribution in [3.05, 3.63) is 29.9 Å². The van der Waals surface area contributed by atoms with Crippen LogP contribution in [0.5, 0.6) is 0 Å². The van der Waals surface area contributed by atoms with E-state index in [0.29, 0.717) is 12.0 Å². The second kappa shape index (κ2) is 4.61. The fourth-order valence-corrected chi connectivity index (χ4v) is 2.72. The van der Waals surface area contributed by atoms with E-state index in [2.05, 4.69) is 4.98 Å². The second-order valence-corrected chi connectivity index (χ2v) is 5.18. The molecule has 1 saturated carbocycles. The van der Waals surface area contributed by atoms with Crippen LogP contribution >= 0.6 is 0 Å². The third-order valence-corrected chi connectivity index (χ3v) is 3.82. The van der Waals surface area contributed by atoms with Gasteiger partial charge in [-0.05, 0) is 44.7 Å². The molecule has 1 aliphatic carbocycles. The number of hydrogen-bond donors (Lipinski definition) is 2. The highest BCUT2D eigenvalue weighted by Crippen LogP contribution is 2.32. The minimum absolute atomic E-state index is 0.377. The van der Waals surface area contributed by atoms with Crippen LogP contribution in [0.25, 0.3) is 11.5 Å². The third kappa shape index (κ3) is 2.08. The first kappa shape index (κ1) is 11.5. The maximum atomic E-state index is 5.94. The van der Waals surface area contributed by atoms with Crippen molar-refractivity contribution >= 4 is 0 Å². The van der Waals surface area contributed by atoms with Gasteiger partial charge in [0, 0.05) is 17.7 Å². The van der Waals surface area contributed by atoms with Gasteiger partial charge in [-0.1, -0.05) is 0 Å². The van der Waals surface area contributed by atoms with Gasteiger partial charge < -0.3 is 15.1 Å². The molecule has 2 aromatic heterocycles. The molecule has 0 amide bonds. The summed E-state index contributed by atoms with van der Waals surface area (Å²) in [7, 11) is 0. The second-order valence-electron chi connectivity index (χ2n) is 5.18. The summed E-state index contributed by atoms with van der Waals surface area (Å²) >= 11 is 0. The standard InChI is InChI=1S/C14H19N3O/c1-9-13(12-3-2-8-18-12)17-14(16-9)10-4-6-11(15)7-5-10/h2-3,8,10-11H,4-7,15H2,1H3,(H,16,17). The van der Waals surface area contributed by atoms with E-state index in [9.17, 15) is 0 Å². The molecule has 3 rings (SSSR count). The zero-order chi connectivity index (χ0) is 12.5. The number of imidazole rings is 1. The summed E-state index contributed by atoms with van der Waals surface area (Å²) in [6.45, 7) is 2.04. The molecular weight excluding hydrogens is 226 g/mol. The van der Waals surface area contributed by atoms with Gasteiger partial charge in [0.15, 0.2) is 5.76 Å². The monoisotopic (exact) mass is 245 g/mol. The smallest absolute Gasteiger partial charge is 0.154 e. The lowest BCUT2D eigenvalue weighted by Crippen LogP contribution is -2.26. The Morgan fingerprint density at radius 2 is 2.11 bits per heavy atom. The fraction of sp³-hybridized carbons (Fsp3) is 0.500. The average molecular weight is 245 g/mol. The van der Waals surface area contributed by atoms with Crippen LogP contribution in [-0.2, 0) is 0 Å². The Labute approximate surface area is 107 Å². The molecule has 18 heavy (non-hydrogen) atoms. The lowest BCUT2D eigenvalue weighted by Gasteiger charge is -2.24. The van der Waals surface area contributed by atoms with Crippen LogP contribution in [0.4, 0.5) is 0 Å². The normalized spacial score (nSPS) is 24.3. The Hall–Kier alpha value is -1.55. The summed E-state index contributed by atoms with van der Waals surface area (Å²) < 4.78 is 5.42. The van der Waals surface area contributed by atoms with Gasteiger partial charge in [-0.25, -0.2) is 4.98 Å². The first-order valence-corrected chi connectivity index (χ1v) is 6.60. The van der Waals surface area contributed by atoms with E-state index in [1.807, 2.05) is 19.1 Å². The molecule has 0 aliphatic heterocycles. The lowest BCUT2D eigenvalue weighted by molar-refractivity contribution is 0.386. The molecule has 2 heterocycles. The van der Waals surface area contributed by atoms with Gasteiger partial charge in [0.2, 0.25) is 0 Å². The number of rotatable bonds is 2. The van der Waals surface area contributed by atoms with Gasteiger partial charge in [0.25, 0.3) is 0 Å². The van der Waals surface area contributed by atoms with Crippen molar-refractivity contribution in [2.24, 2.45) is 5.73 Å². The van der Waals surface area contributed by atoms with Crippen molar-refractivity contribution in [3.63, 3.8) is 0 Å². The van der Waals surface area contributed by atoms with E-state index < -0.39 is 0 Å². The Morgan fingerprint density at radius 1 is 1.33 bits per heavy atom. The van der Waals surface area contributed by atoms with Crippen LogP contribution in [0, 0.1) is 6.92 Å². The molecule has 4 heteroatoms. The number of aromatic nitrogens is 2. The number of nitrogens with two attached hydrogens (primary N) is 1. The van der Waals surface area contributed by atoms with Crippen molar-refractivity contribution < 1.29 is 4.42 Å². The maximum Gasteiger partial charge on any atom is 0.154 e. The molecule has 96 valence electrons. The van der Waals surface area contributed by atoms with Crippen molar-refractivity contribution in [2.75, 3.05) is 0 Å². The van der Waals surface area contributed by atoms with Crippen LogP contribution in [0.3, 0.4) is 0 Å². The minimum Gasteiger partial charge on any atom is -0.463 e. The van der Waals surface area contributed by atoms with Crippen molar-refractivity contribution in [2.45, 2.75) is 44.6 Å². The molecule has 2 aromatic rings. The molecule has 0 saturated heterocycles. The van der Waals surface area contributed by atoms with E-state index in [-0.39, 0.29) is 0 Å². The predicted octanol–water partition coefficient (Wildman–Crippen LogP) is 2.96. The number of nitrogens with one attached hydrogen (secondary N) is 1. The molecule has 0 atom stereocenters. The van der Waals surface area contributed by atoms with Gasteiger partial charge in [-0.2, -0.15) is 0 Å². The predicted molar refractivity (Wildman–Crippen MR) is 70.2 cm³/mol. The molecule has 1 aliphatic rings. The molecule has 0 spiro atoms. The van der Waals surface area contributed by atoms with E-state index in [1.54, 1.807) is 6.26 Å². The molecule has 3 N–H and O–H groups in total. The number of H-pyrrole nitrogens is 1. The van der Waals surface area contributed by atoms with Crippen molar-refractivity contribution in [3.8, 4) is 11.5 Å². The van der Waals surface area contributed by atoms with Crippen LogP contribution in [-0.4, -0.2) is 16.0 Å². The van der Waals surface area contributed by atoms with Gasteiger partial charge in [-0.3, -0.25) is 0 Å². The summed E-state index contributed by atoms with van der Waals surface area (Å²) in [6.07, 6.45) is 6.14. The highest BCUT2D eigenvalue weighted by molar-refractivity contribution is 5.55. The highest BCUT2D eigenvalue weighted by Gasteiger charge is 2.23. The fourth-order valence-electron chi connectivity index (χ4n) is 2.72. The van der Waals surface area contributed by atoms with Gasteiger partial charge in [-0.15, -0.1) is 0 Å². The van der Waals surface area contributed by atoms with Gasteiger partial charge in [0.1, 0.15) is 11.5 Å². The quantitative estimate of drug-likeness (QED) is 0.854. The third-order valence-electron chi connectivity index (χ3n) is 3.82. The molecular formula is C14H19N3O. The number of aromatic amines is 1. The molecule has 4 nitrogen and oxygen atoms in total. The van der Waals surface area contributed by atoms with Crippen molar-refractivity contribution in [1.82, 2.24) is 9.97 Å². The summed E-state index contributed by atoms with van der Waals surface area (Å²) in [6, 6.07) is 4.22. The molecule has 0 radical (unpaired) electrons. The highest BCUT2D eigenvalue weighted by atomic mass is 16.3. The van der Waals surface area contributed by atoms with Crippen molar-refractivity contribution in [1.29, 1.82) is 0 Å². The molecule has 0 unspecified atom stereocenters. The summed E-state index contributed by atoms with van der Waals surface area (Å²) in [5.74, 6) is 2.44. The Kier molecular flexibility index (Phi) is 2.96. The maximum absolute atomic E-state index is 5.94. The largest absolute Gasteiger partial charge is 0.463 e.